The van der Waals surface area contributed by atoms with E-state index >= 15 is 0 Å². The third kappa shape index (κ3) is 5.00. The first-order valence-electron chi connectivity index (χ1n) is 9.69. The van der Waals surface area contributed by atoms with Crippen LogP contribution in [0.25, 0.3) is 0 Å². The second kappa shape index (κ2) is 8.89. The Labute approximate surface area is 164 Å². The molecule has 3 rings (SSSR count). The predicted octanol–water partition coefficient (Wildman–Crippen LogP) is 3.05. The van der Waals surface area contributed by atoms with Gasteiger partial charge in [-0.2, -0.15) is 0 Å². The zero-order valence-electron chi connectivity index (χ0n) is 15.6. The highest BCUT2D eigenvalue weighted by atomic mass is 79.9. The number of rotatable bonds is 8. The molecule has 1 aromatic rings. The van der Waals surface area contributed by atoms with Crippen molar-refractivity contribution in [2.45, 2.75) is 44.4 Å². The van der Waals surface area contributed by atoms with Gasteiger partial charge in [0.05, 0.1) is 6.54 Å². The molecule has 26 heavy (non-hydrogen) atoms. The number of nitrogens with zero attached hydrogens (tertiary/aromatic N) is 2. The minimum atomic E-state index is 0.202. The van der Waals surface area contributed by atoms with E-state index in [1.165, 1.54) is 18.4 Å². The molecule has 0 spiro atoms. The number of guanidine groups is 1. The van der Waals surface area contributed by atoms with Crippen molar-refractivity contribution in [1.82, 2.24) is 15.5 Å². The molecule has 2 fully saturated rings. The second-order valence-electron chi connectivity index (χ2n) is 7.25. The lowest BCUT2D eigenvalue weighted by Gasteiger charge is -2.18. The molecule has 0 radical (unpaired) electrons. The first-order chi connectivity index (χ1) is 12.6. The zero-order valence-corrected chi connectivity index (χ0v) is 17.1. The number of amides is 1. The standard InChI is InChI=1S/C20H29BrN4O/c1-2-22-19(23-11-5-13-25-12-4-8-18(25)26)24-15-20(9-10-20)16-6-3-7-17(21)14-16/h3,6-7,14H,2,4-5,8-13,15H2,1H3,(H2,22,23,24). The molecule has 6 heteroatoms. The Balaban J connectivity index is 1.50. The fourth-order valence-corrected chi connectivity index (χ4v) is 3.90. The average Bonchev–Trinajstić information content (AvgIpc) is 3.32. The van der Waals surface area contributed by atoms with E-state index in [0.29, 0.717) is 5.91 Å². The molecular formula is C20H29BrN4O. The number of likely N-dealkylation sites (tertiary alicyclic amines) is 1. The van der Waals surface area contributed by atoms with Gasteiger partial charge >= 0.3 is 0 Å². The van der Waals surface area contributed by atoms with Crippen LogP contribution in [0.1, 0.15) is 44.6 Å². The molecular weight excluding hydrogens is 392 g/mol. The SMILES string of the molecule is CCNC(=NCC1(c2cccc(Br)c2)CC1)NCCCN1CCCC1=O. The predicted molar refractivity (Wildman–Crippen MR) is 109 cm³/mol. The van der Waals surface area contributed by atoms with Gasteiger partial charge in [-0.25, -0.2) is 0 Å². The number of carbonyl (C=O) groups is 1. The number of nitrogens with one attached hydrogen (secondary N) is 2. The highest BCUT2D eigenvalue weighted by Gasteiger charge is 2.44. The third-order valence-electron chi connectivity index (χ3n) is 5.24. The fourth-order valence-electron chi connectivity index (χ4n) is 3.50. The van der Waals surface area contributed by atoms with Crippen LogP contribution < -0.4 is 10.6 Å². The maximum Gasteiger partial charge on any atom is 0.222 e. The molecule has 2 aliphatic rings. The summed E-state index contributed by atoms with van der Waals surface area (Å²) in [5.41, 5.74) is 1.58. The maximum atomic E-state index is 11.6. The lowest BCUT2D eigenvalue weighted by Crippen LogP contribution is -2.39. The fraction of sp³-hybridized carbons (Fsp3) is 0.600. The molecule has 0 bridgehead atoms. The molecule has 0 atom stereocenters. The average molecular weight is 421 g/mol. The van der Waals surface area contributed by atoms with Crippen molar-refractivity contribution in [3.8, 4) is 0 Å². The van der Waals surface area contributed by atoms with Gasteiger partial charge in [-0.1, -0.05) is 28.1 Å². The maximum absolute atomic E-state index is 11.6. The van der Waals surface area contributed by atoms with Crippen molar-refractivity contribution < 1.29 is 4.79 Å². The Morgan fingerprint density at radius 3 is 2.85 bits per heavy atom. The number of carbonyl (C=O) groups excluding carboxylic acids is 1. The van der Waals surface area contributed by atoms with E-state index in [-0.39, 0.29) is 5.41 Å². The van der Waals surface area contributed by atoms with Gasteiger partial charge in [0.25, 0.3) is 0 Å². The number of benzene rings is 1. The van der Waals surface area contributed by atoms with Crippen molar-refractivity contribution in [3.05, 3.63) is 34.3 Å². The normalized spacial score (nSPS) is 18.9. The molecule has 5 nitrogen and oxygen atoms in total. The van der Waals surface area contributed by atoms with E-state index in [1.54, 1.807) is 0 Å². The van der Waals surface area contributed by atoms with Crippen molar-refractivity contribution in [1.29, 1.82) is 0 Å². The summed E-state index contributed by atoms with van der Waals surface area (Å²) in [7, 11) is 0. The van der Waals surface area contributed by atoms with Crippen molar-refractivity contribution >= 4 is 27.8 Å². The summed E-state index contributed by atoms with van der Waals surface area (Å²) in [6, 6.07) is 8.60. The molecule has 1 aliphatic carbocycles. The number of aliphatic imine (C=N–C) groups is 1. The Morgan fingerprint density at radius 1 is 1.35 bits per heavy atom. The van der Waals surface area contributed by atoms with Crippen LogP contribution >= 0.6 is 15.9 Å². The quantitative estimate of drug-likeness (QED) is 0.386. The van der Waals surface area contributed by atoms with Gasteiger partial charge in [0, 0.05) is 42.5 Å². The van der Waals surface area contributed by atoms with Crippen molar-refractivity contribution in [2.24, 2.45) is 4.99 Å². The molecule has 1 aromatic carbocycles. The number of hydrogen-bond acceptors (Lipinski definition) is 2. The van der Waals surface area contributed by atoms with Gasteiger partial charge in [-0.3, -0.25) is 9.79 Å². The van der Waals surface area contributed by atoms with Crippen LogP contribution in [0.3, 0.4) is 0 Å². The summed E-state index contributed by atoms with van der Waals surface area (Å²) >= 11 is 3.57. The van der Waals surface area contributed by atoms with E-state index in [1.807, 2.05) is 4.90 Å². The topological polar surface area (TPSA) is 56.7 Å². The van der Waals surface area contributed by atoms with Crippen LogP contribution in [0, 0.1) is 0 Å². The highest BCUT2D eigenvalue weighted by molar-refractivity contribution is 9.10. The summed E-state index contributed by atoms with van der Waals surface area (Å²) in [6.45, 7) is 6.33. The van der Waals surface area contributed by atoms with Gasteiger partial charge in [0.2, 0.25) is 5.91 Å². The smallest absolute Gasteiger partial charge is 0.222 e. The summed E-state index contributed by atoms with van der Waals surface area (Å²) in [5.74, 6) is 1.18. The van der Waals surface area contributed by atoms with E-state index in [2.05, 4.69) is 57.8 Å². The molecule has 1 saturated heterocycles. The number of halogens is 1. The summed E-state index contributed by atoms with van der Waals surface area (Å²) in [4.78, 5) is 18.5. The molecule has 1 heterocycles. The van der Waals surface area contributed by atoms with Gasteiger partial charge < -0.3 is 15.5 Å². The van der Waals surface area contributed by atoms with Gasteiger partial charge in [-0.05, 0) is 50.3 Å². The molecule has 2 N–H and O–H groups in total. The van der Waals surface area contributed by atoms with Crippen LogP contribution in [0.4, 0.5) is 0 Å². The minimum Gasteiger partial charge on any atom is -0.357 e. The van der Waals surface area contributed by atoms with Gasteiger partial charge in [0.15, 0.2) is 5.96 Å². The van der Waals surface area contributed by atoms with Crippen LogP contribution in [0.15, 0.2) is 33.7 Å². The molecule has 142 valence electrons. The lowest BCUT2D eigenvalue weighted by atomic mass is 9.96. The van der Waals surface area contributed by atoms with Crippen LogP contribution in [0.2, 0.25) is 0 Å². The Morgan fingerprint density at radius 2 is 2.19 bits per heavy atom. The molecule has 1 aliphatic heterocycles. The Bertz CT molecular complexity index is 657. The number of hydrogen-bond donors (Lipinski definition) is 2. The van der Waals surface area contributed by atoms with Crippen molar-refractivity contribution in [2.75, 3.05) is 32.7 Å². The van der Waals surface area contributed by atoms with Crippen molar-refractivity contribution in [3.63, 3.8) is 0 Å². The van der Waals surface area contributed by atoms with E-state index in [0.717, 1.165) is 62.4 Å². The van der Waals surface area contributed by atoms with E-state index in [4.69, 9.17) is 4.99 Å². The summed E-state index contributed by atoms with van der Waals surface area (Å²) in [5, 5.41) is 6.75. The Hall–Kier alpha value is -1.56. The molecule has 1 saturated carbocycles. The summed E-state index contributed by atoms with van der Waals surface area (Å²) < 4.78 is 1.13. The van der Waals surface area contributed by atoms with Crippen LogP contribution in [-0.4, -0.2) is 49.5 Å². The lowest BCUT2D eigenvalue weighted by molar-refractivity contribution is -0.127. The zero-order chi connectivity index (χ0) is 18.4. The molecule has 0 unspecified atom stereocenters. The highest BCUT2D eigenvalue weighted by Crippen LogP contribution is 2.48. The van der Waals surface area contributed by atoms with E-state index < -0.39 is 0 Å². The third-order valence-corrected chi connectivity index (χ3v) is 5.74. The molecule has 1 amide bonds. The van der Waals surface area contributed by atoms with Gasteiger partial charge in [-0.15, -0.1) is 0 Å². The first kappa shape index (κ1) is 19.2. The Kier molecular flexibility index (Phi) is 6.57. The van der Waals surface area contributed by atoms with Crippen LogP contribution in [0.5, 0.6) is 0 Å². The second-order valence-corrected chi connectivity index (χ2v) is 8.17. The largest absolute Gasteiger partial charge is 0.357 e. The van der Waals surface area contributed by atoms with E-state index in [9.17, 15) is 4.79 Å². The first-order valence-corrected chi connectivity index (χ1v) is 10.5. The van der Waals surface area contributed by atoms with Crippen LogP contribution in [-0.2, 0) is 10.2 Å². The van der Waals surface area contributed by atoms with Gasteiger partial charge in [0.1, 0.15) is 0 Å². The molecule has 0 aromatic heterocycles. The minimum absolute atomic E-state index is 0.202. The summed E-state index contributed by atoms with van der Waals surface area (Å²) in [6.07, 6.45) is 5.07. The monoisotopic (exact) mass is 420 g/mol.